The van der Waals surface area contributed by atoms with Crippen molar-refractivity contribution in [2.75, 3.05) is 4.72 Å². The standard InChI is InChI=1S/C10H6Br2N4O4S/c11-6-1-2-7(16(17)18)8(3-6)21(19,20)15-10-5-13-9(12)4-14-10/h1-5H,(H,14,15). The molecule has 0 bridgehead atoms. The number of nitro groups is 1. The molecule has 0 unspecified atom stereocenters. The zero-order valence-electron chi connectivity index (χ0n) is 10.0. The lowest BCUT2D eigenvalue weighted by Crippen LogP contribution is -2.15. The molecule has 2 rings (SSSR count). The molecular formula is C10H6Br2N4O4S. The Morgan fingerprint density at radius 2 is 1.90 bits per heavy atom. The van der Waals surface area contributed by atoms with Crippen molar-refractivity contribution in [1.82, 2.24) is 9.97 Å². The van der Waals surface area contributed by atoms with Gasteiger partial charge >= 0.3 is 0 Å². The van der Waals surface area contributed by atoms with Crippen LogP contribution >= 0.6 is 31.9 Å². The molecule has 21 heavy (non-hydrogen) atoms. The Morgan fingerprint density at radius 1 is 1.19 bits per heavy atom. The first-order chi connectivity index (χ1) is 9.79. The summed E-state index contributed by atoms with van der Waals surface area (Å²) >= 11 is 6.15. The van der Waals surface area contributed by atoms with Gasteiger partial charge in [0.05, 0.1) is 17.3 Å². The minimum atomic E-state index is -4.16. The van der Waals surface area contributed by atoms with Gasteiger partial charge in [-0.05, 0) is 28.1 Å². The van der Waals surface area contributed by atoms with E-state index in [2.05, 4.69) is 46.5 Å². The number of nitrogens with one attached hydrogen (secondary N) is 1. The lowest BCUT2D eigenvalue weighted by molar-refractivity contribution is -0.387. The van der Waals surface area contributed by atoms with Crippen molar-refractivity contribution < 1.29 is 13.3 Å². The Morgan fingerprint density at radius 3 is 2.48 bits per heavy atom. The summed E-state index contributed by atoms with van der Waals surface area (Å²) in [5.74, 6) is -0.0486. The molecule has 2 aromatic rings. The van der Waals surface area contributed by atoms with E-state index in [4.69, 9.17) is 0 Å². The van der Waals surface area contributed by atoms with Gasteiger partial charge in [-0.15, -0.1) is 0 Å². The first kappa shape index (κ1) is 15.8. The average molecular weight is 438 g/mol. The summed E-state index contributed by atoms with van der Waals surface area (Å²) in [5.41, 5.74) is -0.532. The van der Waals surface area contributed by atoms with Crippen molar-refractivity contribution in [1.29, 1.82) is 0 Å². The fourth-order valence-electron chi connectivity index (χ4n) is 1.41. The van der Waals surface area contributed by atoms with Gasteiger partial charge in [-0.1, -0.05) is 15.9 Å². The molecule has 110 valence electrons. The van der Waals surface area contributed by atoms with Crippen LogP contribution in [0.15, 0.2) is 44.6 Å². The van der Waals surface area contributed by atoms with Crippen molar-refractivity contribution in [2.45, 2.75) is 4.90 Å². The minimum Gasteiger partial charge on any atom is -0.262 e. The number of rotatable bonds is 4. The van der Waals surface area contributed by atoms with Gasteiger partial charge in [-0.2, -0.15) is 0 Å². The van der Waals surface area contributed by atoms with Gasteiger partial charge in [0.1, 0.15) is 4.60 Å². The Bertz CT molecular complexity index is 795. The van der Waals surface area contributed by atoms with E-state index in [1.165, 1.54) is 18.5 Å². The van der Waals surface area contributed by atoms with E-state index in [9.17, 15) is 18.5 Å². The predicted molar refractivity (Wildman–Crippen MR) is 81.3 cm³/mol. The predicted octanol–water partition coefficient (Wildman–Crippen LogP) is 2.71. The molecule has 1 aromatic heterocycles. The van der Waals surface area contributed by atoms with E-state index in [0.717, 1.165) is 12.1 Å². The normalized spacial score (nSPS) is 11.1. The Labute approximate surface area is 136 Å². The molecule has 0 aliphatic rings. The molecule has 0 spiro atoms. The van der Waals surface area contributed by atoms with Crippen molar-refractivity contribution in [3.8, 4) is 0 Å². The van der Waals surface area contributed by atoms with E-state index < -0.39 is 25.5 Å². The van der Waals surface area contributed by atoms with Crippen LogP contribution in [0.1, 0.15) is 0 Å². The second kappa shape index (κ2) is 6.03. The largest absolute Gasteiger partial charge is 0.289 e. The quantitative estimate of drug-likeness (QED) is 0.580. The highest BCUT2D eigenvalue weighted by Crippen LogP contribution is 2.28. The van der Waals surface area contributed by atoms with Gasteiger partial charge in [-0.25, -0.2) is 18.4 Å². The summed E-state index contributed by atoms with van der Waals surface area (Å²) in [4.78, 5) is 17.3. The number of sulfonamides is 1. The molecule has 0 saturated heterocycles. The van der Waals surface area contributed by atoms with Crippen molar-refractivity contribution in [3.05, 3.63) is 49.8 Å². The number of aromatic nitrogens is 2. The smallest absolute Gasteiger partial charge is 0.262 e. The summed E-state index contributed by atoms with van der Waals surface area (Å²) in [5, 5.41) is 10.9. The molecule has 0 radical (unpaired) electrons. The molecule has 1 N–H and O–H groups in total. The molecule has 1 aromatic carbocycles. The van der Waals surface area contributed by atoms with Crippen LogP contribution in [-0.2, 0) is 10.0 Å². The number of nitro benzene ring substituents is 1. The molecule has 0 saturated carbocycles. The monoisotopic (exact) mass is 436 g/mol. The molecule has 8 nitrogen and oxygen atoms in total. The second-order valence-corrected chi connectivity index (χ2v) is 7.08. The average Bonchev–Trinajstić information content (AvgIpc) is 2.41. The number of halogens is 2. The van der Waals surface area contributed by atoms with Crippen LogP contribution in [0.2, 0.25) is 0 Å². The van der Waals surface area contributed by atoms with E-state index in [0.29, 0.717) is 9.08 Å². The SMILES string of the molecule is O=[N+]([O-])c1ccc(Br)cc1S(=O)(=O)Nc1cnc(Br)cn1. The second-order valence-electron chi connectivity index (χ2n) is 3.70. The molecule has 0 fully saturated rings. The Kier molecular flexibility index (Phi) is 4.54. The summed E-state index contributed by atoms with van der Waals surface area (Å²) in [6.07, 6.45) is 2.48. The van der Waals surface area contributed by atoms with Gasteiger partial charge in [-0.3, -0.25) is 14.8 Å². The van der Waals surface area contributed by atoms with Gasteiger partial charge < -0.3 is 0 Å². The highest BCUT2D eigenvalue weighted by molar-refractivity contribution is 9.10. The van der Waals surface area contributed by atoms with Crippen molar-refractivity contribution in [2.24, 2.45) is 0 Å². The number of anilines is 1. The molecule has 11 heteroatoms. The maximum atomic E-state index is 12.2. The van der Waals surface area contributed by atoms with Crippen LogP contribution in [0.5, 0.6) is 0 Å². The van der Waals surface area contributed by atoms with Crippen LogP contribution in [0.3, 0.4) is 0 Å². The van der Waals surface area contributed by atoms with Crippen LogP contribution < -0.4 is 4.72 Å². The van der Waals surface area contributed by atoms with Gasteiger partial charge in [0.15, 0.2) is 10.7 Å². The van der Waals surface area contributed by atoms with Crippen molar-refractivity contribution >= 4 is 53.4 Å². The van der Waals surface area contributed by atoms with E-state index >= 15 is 0 Å². The highest BCUT2D eigenvalue weighted by atomic mass is 79.9. The molecule has 0 aliphatic heterocycles. The van der Waals surface area contributed by atoms with Gasteiger partial charge in [0, 0.05) is 10.5 Å². The van der Waals surface area contributed by atoms with Crippen molar-refractivity contribution in [3.63, 3.8) is 0 Å². The molecule has 0 aliphatic carbocycles. The summed E-state index contributed by atoms with van der Waals surface area (Å²) < 4.78 is 27.5. The minimum absolute atomic E-state index is 0.0486. The van der Waals surface area contributed by atoms with Gasteiger partial charge in [0.2, 0.25) is 0 Å². The zero-order chi connectivity index (χ0) is 15.6. The highest BCUT2D eigenvalue weighted by Gasteiger charge is 2.26. The lowest BCUT2D eigenvalue weighted by atomic mass is 10.3. The molecule has 0 atom stereocenters. The third-order valence-electron chi connectivity index (χ3n) is 2.27. The maximum Gasteiger partial charge on any atom is 0.289 e. The number of hydrogen-bond donors (Lipinski definition) is 1. The fraction of sp³-hybridized carbons (Fsp3) is 0. The summed E-state index contributed by atoms with van der Waals surface area (Å²) in [6, 6.07) is 3.63. The number of nitrogens with zero attached hydrogens (tertiary/aromatic N) is 3. The van der Waals surface area contributed by atoms with E-state index in [1.54, 1.807) is 0 Å². The van der Waals surface area contributed by atoms with Crippen LogP contribution in [0.4, 0.5) is 11.5 Å². The van der Waals surface area contributed by atoms with E-state index in [-0.39, 0.29) is 5.82 Å². The zero-order valence-corrected chi connectivity index (χ0v) is 14.0. The van der Waals surface area contributed by atoms with Gasteiger partial charge in [0.25, 0.3) is 15.7 Å². The fourth-order valence-corrected chi connectivity index (χ4v) is 3.32. The summed E-state index contributed by atoms with van der Waals surface area (Å²) in [7, 11) is -4.16. The number of benzene rings is 1. The Balaban J connectivity index is 2.46. The summed E-state index contributed by atoms with van der Waals surface area (Å²) in [6.45, 7) is 0. The van der Waals surface area contributed by atoms with Crippen LogP contribution in [0.25, 0.3) is 0 Å². The molecule has 1 heterocycles. The molecular weight excluding hydrogens is 432 g/mol. The first-order valence-electron chi connectivity index (χ1n) is 5.24. The first-order valence-corrected chi connectivity index (χ1v) is 8.31. The third kappa shape index (κ3) is 3.74. The maximum absolute atomic E-state index is 12.2. The lowest BCUT2D eigenvalue weighted by Gasteiger charge is -2.07. The Hall–Kier alpha value is -1.59. The van der Waals surface area contributed by atoms with Crippen LogP contribution in [-0.4, -0.2) is 23.3 Å². The molecule has 0 amide bonds. The van der Waals surface area contributed by atoms with E-state index in [1.807, 2.05) is 0 Å². The number of hydrogen-bond acceptors (Lipinski definition) is 6. The third-order valence-corrected chi connectivity index (χ3v) is 4.55. The van der Waals surface area contributed by atoms with Crippen LogP contribution in [0, 0.1) is 10.1 Å². The topological polar surface area (TPSA) is 115 Å².